The Bertz CT molecular complexity index is 2090. The molecular formula is C34H31N3O9S2. The van der Waals surface area contributed by atoms with Crippen LogP contribution in [0.1, 0.15) is 43.1 Å². The largest absolute Gasteiger partial charge is 0.505 e. The molecule has 4 N–H and O–H groups in total. The number of para-hydroxylation sites is 1. The summed E-state index contributed by atoms with van der Waals surface area (Å²) in [7, 11) is -4.97. The second-order valence-electron chi connectivity index (χ2n) is 11.2. The van der Waals surface area contributed by atoms with Gasteiger partial charge in [-0.3, -0.25) is 9.35 Å². The first kappa shape index (κ1) is 34.5. The van der Waals surface area contributed by atoms with Crippen LogP contribution in [0.4, 0.5) is 17.1 Å². The van der Waals surface area contributed by atoms with Gasteiger partial charge >= 0.3 is 0 Å². The zero-order valence-corrected chi connectivity index (χ0v) is 27.6. The van der Waals surface area contributed by atoms with Crippen LogP contribution in [0.25, 0.3) is 10.8 Å². The van der Waals surface area contributed by atoms with Crippen LogP contribution in [0.5, 0.6) is 17.2 Å². The van der Waals surface area contributed by atoms with Crippen LogP contribution in [-0.2, 0) is 24.9 Å². The number of benzene rings is 5. The summed E-state index contributed by atoms with van der Waals surface area (Å²) in [5, 5.41) is 34.8. The van der Waals surface area contributed by atoms with Gasteiger partial charge in [-0.2, -0.15) is 8.42 Å². The summed E-state index contributed by atoms with van der Waals surface area (Å²) in [5.41, 5.74) is 1.07. The van der Waals surface area contributed by atoms with Gasteiger partial charge in [0.15, 0.2) is 11.5 Å². The molecule has 0 unspecified atom stereocenters. The smallest absolute Gasteiger partial charge is 0.296 e. The predicted molar refractivity (Wildman–Crippen MR) is 181 cm³/mol. The molecule has 14 heteroatoms. The van der Waals surface area contributed by atoms with Gasteiger partial charge in [-0.1, -0.05) is 68.3 Å². The maximum Gasteiger partial charge on any atom is 0.296 e. The number of hydrogen-bond donors (Lipinski definition) is 4. The molecule has 5 rings (SSSR count). The van der Waals surface area contributed by atoms with Crippen molar-refractivity contribution < 1.29 is 42.2 Å². The Balaban J connectivity index is 1.59. The van der Waals surface area contributed by atoms with Gasteiger partial charge in [-0.25, -0.2) is 5.26 Å². The van der Waals surface area contributed by atoms with Gasteiger partial charge in [0.2, 0.25) is 0 Å². The lowest BCUT2D eigenvalue weighted by Gasteiger charge is -2.23. The summed E-state index contributed by atoms with van der Waals surface area (Å²) in [6, 6.07) is 26.3. The standard InChI is InChI=1S/C34H31N3O9S2/c1-4-34(2,3)23-14-16-24(17-15-23)44-28-13-9-8-12-26(28)36-37-31-29(48(41,42)43)19-22-18-25(47-46-45-40)20-27(30(22)32(31)38)35-33(39)21-10-6-5-7-11-21/h5-20,38,40H,4H2,1-3H3,(H,35,39)(H,41,42,43)/b37-36+. The Morgan fingerprint density at radius 2 is 1.62 bits per heavy atom. The fraction of sp³-hybridized carbons (Fsp3) is 0.147. The van der Waals surface area contributed by atoms with Crippen molar-refractivity contribution in [1.29, 1.82) is 0 Å². The fourth-order valence-electron chi connectivity index (χ4n) is 4.77. The zero-order valence-electron chi connectivity index (χ0n) is 25.9. The first-order chi connectivity index (χ1) is 22.9. The number of nitrogens with one attached hydrogen (secondary N) is 1. The number of anilines is 1. The molecule has 0 heterocycles. The molecule has 0 saturated heterocycles. The van der Waals surface area contributed by atoms with Crippen LogP contribution in [0.15, 0.2) is 117 Å². The van der Waals surface area contributed by atoms with Crippen molar-refractivity contribution in [1.82, 2.24) is 0 Å². The second-order valence-corrected chi connectivity index (χ2v) is 13.4. The molecule has 0 bridgehead atoms. The van der Waals surface area contributed by atoms with E-state index in [9.17, 15) is 22.9 Å². The van der Waals surface area contributed by atoms with Crippen LogP contribution in [0, 0.1) is 0 Å². The Morgan fingerprint density at radius 3 is 2.29 bits per heavy atom. The molecule has 0 spiro atoms. The van der Waals surface area contributed by atoms with E-state index in [2.05, 4.69) is 45.7 Å². The molecule has 5 aromatic carbocycles. The maximum absolute atomic E-state index is 13.1. The number of fused-ring (bicyclic) bond motifs is 1. The molecule has 0 aromatic heterocycles. The van der Waals surface area contributed by atoms with E-state index in [0.717, 1.165) is 18.1 Å². The third-order valence-corrected chi connectivity index (χ3v) is 9.14. The molecule has 5 aromatic rings. The highest BCUT2D eigenvalue weighted by molar-refractivity contribution is 7.94. The Morgan fingerprint density at radius 1 is 0.938 bits per heavy atom. The van der Waals surface area contributed by atoms with Gasteiger partial charge in [0, 0.05) is 15.8 Å². The number of carbonyl (C=O) groups excluding carboxylic acids is 1. The molecule has 0 radical (unpaired) electrons. The first-order valence-corrected chi connectivity index (χ1v) is 16.7. The van der Waals surface area contributed by atoms with Gasteiger partial charge in [0.05, 0.1) is 17.7 Å². The Hall–Kier alpha value is -4.83. The van der Waals surface area contributed by atoms with E-state index >= 15 is 0 Å². The molecule has 48 heavy (non-hydrogen) atoms. The van der Waals surface area contributed by atoms with E-state index in [0.29, 0.717) is 29.1 Å². The summed E-state index contributed by atoms with van der Waals surface area (Å²) < 4.78 is 45.9. The number of phenols is 1. The lowest BCUT2D eigenvalue weighted by atomic mass is 9.82. The van der Waals surface area contributed by atoms with E-state index in [1.54, 1.807) is 54.6 Å². The van der Waals surface area contributed by atoms with Crippen molar-refractivity contribution in [3.8, 4) is 17.2 Å². The van der Waals surface area contributed by atoms with Crippen LogP contribution in [0.2, 0.25) is 0 Å². The van der Waals surface area contributed by atoms with Gasteiger partial charge in [0.25, 0.3) is 16.0 Å². The van der Waals surface area contributed by atoms with Crippen molar-refractivity contribution in [3.63, 3.8) is 0 Å². The number of carbonyl (C=O) groups is 1. The number of phenolic OH excluding ortho intramolecular Hbond substituents is 1. The summed E-state index contributed by atoms with van der Waals surface area (Å²) in [5.74, 6) is -0.419. The quantitative estimate of drug-likeness (QED) is 0.0324. The number of azo groups is 1. The van der Waals surface area contributed by atoms with Crippen molar-refractivity contribution in [2.24, 2.45) is 10.2 Å². The number of aromatic hydroxyl groups is 1. The summed E-state index contributed by atoms with van der Waals surface area (Å²) in [4.78, 5) is 12.6. The number of hydrogen-bond acceptors (Lipinski definition) is 11. The minimum Gasteiger partial charge on any atom is -0.505 e. The predicted octanol–water partition coefficient (Wildman–Crippen LogP) is 9.37. The zero-order chi connectivity index (χ0) is 34.5. The van der Waals surface area contributed by atoms with Crippen molar-refractivity contribution in [2.75, 3.05) is 5.32 Å². The summed E-state index contributed by atoms with van der Waals surface area (Å²) in [6.07, 6.45) is 0.956. The molecule has 12 nitrogen and oxygen atoms in total. The normalized spacial score (nSPS) is 12.0. The third-order valence-electron chi connectivity index (χ3n) is 7.72. The average Bonchev–Trinajstić information content (AvgIpc) is 3.07. The Kier molecular flexibility index (Phi) is 10.4. The van der Waals surface area contributed by atoms with Crippen LogP contribution in [0.3, 0.4) is 0 Å². The summed E-state index contributed by atoms with van der Waals surface area (Å²) >= 11 is 0.535. The van der Waals surface area contributed by atoms with E-state index in [4.69, 9.17) is 9.99 Å². The van der Waals surface area contributed by atoms with Crippen LogP contribution < -0.4 is 10.1 Å². The molecule has 248 valence electrons. The number of nitrogens with zero attached hydrogens (tertiary/aromatic N) is 2. The molecule has 1 amide bonds. The van der Waals surface area contributed by atoms with E-state index in [-0.39, 0.29) is 32.5 Å². The monoisotopic (exact) mass is 689 g/mol. The minimum absolute atomic E-state index is 0.0104. The molecular weight excluding hydrogens is 659 g/mol. The van der Waals surface area contributed by atoms with E-state index in [1.807, 2.05) is 24.3 Å². The highest BCUT2D eigenvalue weighted by Crippen LogP contribution is 2.46. The molecule has 0 atom stereocenters. The van der Waals surface area contributed by atoms with Crippen molar-refractivity contribution >= 4 is 55.9 Å². The second kappa shape index (κ2) is 14.5. The van der Waals surface area contributed by atoms with Gasteiger partial charge < -0.3 is 15.2 Å². The third kappa shape index (κ3) is 7.82. The lowest BCUT2D eigenvalue weighted by Crippen LogP contribution is -2.14. The molecule has 0 aliphatic carbocycles. The topological polar surface area (TPSA) is 176 Å². The number of rotatable bonds is 12. The fourth-order valence-corrected chi connectivity index (χ4v) is 5.88. The average molecular weight is 690 g/mol. The van der Waals surface area contributed by atoms with E-state index < -0.39 is 32.4 Å². The number of ether oxygens (including phenoxy) is 1. The molecule has 0 saturated carbocycles. The molecule has 0 aliphatic rings. The van der Waals surface area contributed by atoms with Gasteiger partial charge in [0.1, 0.15) is 22.0 Å². The first-order valence-electron chi connectivity index (χ1n) is 14.5. The van der Waals surface area contributed by atoms with Crippen LogP contribution in [-0.4, -0.2) is 29.2 Å². The van der Waals surface area contributed by atoms with Crippen molar-refractivity contribution in [3.05, 3.63) is 108 Å². The van der Waals surface area contributed by atoms with Crippen molar-refractivity contribution in [2.45, 2.75) is 42.4 Å². The van der Waals surface area contributed by atoms with Gasteiger partial charge in [-0.05, 0) is 77.4 Å². The highest BCUT2D eigenvalue weighted by atomic mass is 32.2. The summed E-state index contributed by atoms with van der Waals surface area (Å²) in [6.45, 7) is 6.43. The highest BCUT2D eigenvalue weighted by Gasteiger charge is 2.25. The number of amides is 1. The molecule has 0 fully saturated rings. The van der Waals surface area contributed by atoms with Crippen LogP contribution >= 0.6 is 12.0 Å². The molecule has 0 aliphatic heterocycles. The Labute approximate surface area is 280 Å². The minimum atomic E-state index is -4.97. The van der Waals surface area contributed by atoms with Gasteiger partial charge in [-0.15, -0.1) is 14.6 Å². The van der Waals surface area contributed by atoms with E-state index in [1.165, 1.54) is 12.1 Å². The lowest BCUT2D eigenvalue weighted by molar-refractivity contribution is -0.432. The SMILES string of the molecule is CCC(C)(C)c1ccc(Oc2ccccc2/N=N/c2c(S(=O)(=O)O)cc3cc(SOOO)cc(NC(=O)c4ccccc4)c3c2O)cc1. The maximum atomic E-state index is 13.1.